The van der Waals surface area contributed by atoms with Gasteiger partial charge in [0.25, 0.3) is 11.7 Å². The zero-order valence-corrected chi connectivity index (χ0v) is 25.8. The van der Waals surface area contributed by atoms with Crippen molar-refractivity contribution in [3.05, 3.63) is 60.2 Å². The van der Waals surface area contributed by atoms with Crippen LogP contribution in [0.5, 0.6) is 11.5 Å². The smallest absolute Gasteiger partial charge is 0.366 e. The molecule has 0 bridgehead atoms. The van der Waals surface area contributed by atoms with E-state index < -0.39 is 84.9 Å². The maximum absolute atomic E-state index is 13.2. The van der Waals surface area contributed by atoms with Crippen molar-refractivity contribution in [2.24, 2.45) is 0 Å². The Morgan fingerprint density at radius 2 is 1.57 bits per heavy atom. The Hall–Kier alpha value is -5.02. The molecule has 3 rings (SSSR count). The van der Waals surface area contributed by atoms with E-state index in [0.717, 1.165) is 34.8 Å². The third kappa shape index (κ3) is 9.74. The molecule has 15 heteroatoms. The minimum absolute atomic E-state index is 0.166. The van der Waals surface area contributed by atoms with Crippen molar-refractivity contribution >= 4 is 35.7 Å². The van der Waals surface area contributed by atoms with Crippen LogP contribution in [0.2, 0.25) is 0 Å². The van der Waals surface area contributed by atoms with Crippen LogP contribution in [0.1, 0.15) is 44.5 Å². The number of carbonyl (C=O) groups excluding carboxylic acids is 6. The summed E-state index contributed by atoms with van der Waals surface area (Å²) >= 11 is 0. The lowest BCUT2D eigenvalue weighted by atomic mass is 9.88. The SMILES string of the molecule is COC(=O)[C@@]1(O)C[C@H](OC(C)=O)[C@@H](NC(C)=O)[C@H]([C@H](OC(C)=O)[C@@H](CNC(=O)c2cccc(Oc3ccccc3)c2)OC(C)=O)O1. The standard InChI is InChI=1S/C31H36N2O13/c1-17(34)33-26-24(42-18(2)35)15-31(40,30(39)41-5)46-28(26)27(44-20(4)37)25(43-19(3)36)16-32-29(38)21-10-9-13-23(14-21)45-22-11-7-6-8-12-22/h6-14,24-28,40H,15-16H2,1-5H3,(H,32,38)(H,33,34)/t24-,25+,26+,27+,28+,31+/m0/s1. The van der Waals surface area contributed by atoms with Gasteiger partial charge in [0.2, 0.25) is 5.91 Å². The van der Waals surface area contributed by atoms with E-state index >= 15 is 0 Å². The fraction of sp³-hybridized carbons (Fsp3) is 0.419. The molecule has 0 aromatic heterocycles. The Morgan fingerprint density at radius 3 is 2.15 bits per heavy atom. The molecule has 0 saturated carbocycles. The number of carbonyl (C=O) groups is 6. The van der Waals surface area contributed by atoms with Crippen LogP contribution in [0.25, 0.3) is 0 Å². The van der Waals surface area contributed by atoms with Crippen molar-refractivity contribution in [1.29, 1.82) is 0 Å². The molecule has 15 nitrogen and oxygen atoms in total. The van der Waals surface area contributed by atoms with Gasteiger partial charge in [-0.05, 0) is 30.3 Å². The third-order valence-corrected chi connectivity index (χ3v) is 6.60. The van der Waals surface area contributed by atoms with Gasteiger partial charge in [-0.1, -0.05) is 24.3 Å². The van der Waals surface area contributed by atoms with E-state index in [1.54, 1.807) is 36.4 Å². The van der Waals surface area contributed by atoms with Gasteiger partial charge in [0.1, 0.15) is 23.7 Å². The van der Waals surface area contributed by atoms with E-state index in [-0.39, 0.29) is 5.56 Å². The summed E-state index contributed by atoms with van der Waals surface area (Å²) < 4.78 is 32.4. The van der Waals surface area contributed by atoms with E-state index in [2.05, 4.69) is 15.4 Å². The number of aliphatic hydroxyl groups is 1. The molecule has 0 radical (unpaired) electrons. The largest absolute Gasteiger partial charge is 0.465 e. The molecule has 1 aliphatic heterocycles. The molecule has 3 N–H and O–H groups in total. The molecule has 1 fully saturated rings. The van der Waals surface area contributed by atoms with Crippen LogP contribution in [0, 0.1) is 0 Å². The Balaban J connectivity index is 1.97. The lowest BCUT2D eigenvalue weighted by Crippen LogP contribution is -2.69. The van der Waals surface area contributed by atoms with Gasteiger partial charge in [-0.2, -0.15) is 0 Å². The molecule has 1 aliphatic rings. The molecule has 46 heavy (non-hydrogen) atoms. The molecular weight excluding hydrogens is 608 g/mol. The molecule has 1 heterocycles. The van der Waals surface area contributed by atoms with Gasteiger partial charge in [0, 0.05) is 33.3 Å². The third-order valence-electron chi connectivity index (χ3n) is 6.60. The van der Waals surface area contributed by atoms with Crippen molar-refractivity contribution in [1.82, 2.24) is 10.6 Å². The number of amides is 2. The summed E-state index contributed by atoms with van der Waals surface area (Å²) in [6.45, 7) is 3.81. The Bertz CT molecular complexity index is 1430. The minimum Gasteiger partial charge on any atom is -0.465 e. The number of hydrogen-bond donors (Lipinski definition) is 3. The van der Waals surface area contributed by atoms with Gasteiger partial charge in [0.05, 0.1) is 26.1 Å². The highest BCUT2D eigenvalue weighted by Crippen LogP contribution is 2.34. The summed E-state index contributed by atoms with van der Waals surface area (Å²) in [5.74, 6) is -7.02. The van der Waals surface area contributed by atoms with Crippen molar-refractivity contribution in [3.8, 4) is 11.5 Å². The Labute approximate surface area is 264 Å². The van der Waals surface area contributed by atoms with Gasteiger partial charge in [-0.15, -0.1) is 0 Å². The van der Waals surface area contributed by atoms with Crippen molar-refractivity contribution in [2.45, 2.75) is 70.4 Å². The van der Waals surface area contributed by atoms with Gasteiger partial charge < -0.3 is 44.2 Å². The average molecular weight is 645 g/mol. The summed E-state index contributed by atoms with van der Waals surface area (Å²) in [7, 11) is 0.972. The lowest BCUT2D eigenvalue weighted by molar-refractivity contribution is -0.298. The predicted octanol–water partition coefficient (Wildman–Crippen LogP) is 1.16. The van der Waals surface area contributed by atoms with E-state index in [1.807, 2.05) is 6.07 Å². The number of ether oxygens (including phenoxy) is 6. The first-order valence-electron chi connectivity index (χ1n) is 14.1. The van der Waals surface area contributed by atoms with Crippen molar-refractivity contribution in [2.75, 3.05) is 13.7 Å². The first kappa shape index (κ1) is 35.5. The van der Waals surface area contributed by atoms with Crippen LogP contribution in [0.4, 0.5) is 0 Å². The summed E-state index contributed by atoms with van der Waals surface area (Å²) in [6.07, 6.45) is -7.00. The van der Waals surface area contributed by atoms with E-state index in [4.69, 9.17) is 23.7 Å². The lowest BCUT2D eigenvalue weighted by Gasteiger charge is -2.47. The number of esters is 4. The second kappa shape index (κ2) is 15.8. The summed E-state index contributed by atoms with van der Waals surface area (Å²) in [6, 6.07) is 13.7. The van der Waals surface area contributed by atoms with Crippen molar-refractivity contribution in [3.63, 3.8) is 0 Å². The first-order valence-corrected chi connectivity index (χ1v) is 14.1. The van der Waals surface area contributed by atoms with Gasteiger partial charge >= 0.3 is 23.9 Å². The van der Waals surface area contributed by atoms with Crippen LogP contribution < -0.4 is 15.4 Å². The average Bonchev–Trinajstić information content (AvgIpc) is 2.98. The Morgan fingerprint density at radius 1 is 0.913 bits per heavy atom. The first-order chi connectivity index (χ1) is 21.7. The number of nitrogens with one attached hydrogen (secondary N) is 2. The topological polar surface area (TPSA) is 202 Å². The van der Waals surface area contributed by atoms with Gasteiger partial charge in [-0.25, -0.2) is 4.79 Å². The maximum Gasteiger partial charge on any atom is 0.366 e. The number of rotatable bonds is 12. The van der Waals surface area contributed by atoms with Gasteiger partial charge in [0.15, 0.2) is 12.2 Å². The normalized spacial score (nSPS) is 21.8. The highest BCUT2D eigenvalue weighted by Gasteiger charge is 2.57. The molecule has 0 unspecified atom stereocenters. The number of benzene rings is 2. The zero-order chi connectivity index (χ0) is 34.0. The van der Waals surface area contributed by atoms with Crippen LogP contribution in [0.3, 0.4) is 0 Å². The summed E-state index contributed by atoms with van der Waals surface area (Å²) in [5.41, 5.74) is 0.166. The number of methoxy groups -OCH3 is 1. The number of para-hydroxylation sites is 1. The highest BCUT2D eigenvalue weighted by molar-refractivity contribution is 5.94. The molecule has 248 valence electrons. The molecule has 0 aliphatic carbocycles. The molecule has 6 atom stereocenters. The molecule has 2 aromatic rings. The fourth-order valence-electron chi connectivity index (χ4n) is 4.86. The summed E-state index contributed by atoms with van der Waals surface area (Å²) in [4.78, 5) is 74.6. The van der Waals surface area contributed by atoms with Crippen molar-refractivity contribution < 1.29 is 62.3 Å². The molecular formula is C31H36N2O13. The van der Waals surface area contributed by atoms with Gasteiger partial charge in [-0.3, -0.25) is 24.0 Å². The quantitative estimate of drug-likeness (QED) is 0.220. The monoisotopic (exact) mass is 644 g/mol. The van der Waals surface area contributed by atoms with Crippen LogP contribution in [-0.2, 0) is 47.7 Å². The predicted molar refractivity (Wildman–Crippen MR) is 156 cm³/mol. The fourth-order valence-corrected chi connectivity index (χ4v) is 4.86. The molecule has 2 aromatic carbocycles. The number of hydrogen-bond acceptors (Lipinski definition) is 13. The second-order valence-corrected chi connectivity index (χ2v) is 10.3. The van der Waals surface area contributed by atoms with Crippen LogP contribution in [0.15, 0.2) is 54.6 Å². The molecule has 2 amide bonds. The molecule has 1 saturated heterocycles. The zero-order valence-electron chi connectivity index (χ0n) is 25.8. The van der Waals surface area contributed by atoms with Crippen LogP contribution in [-0.4, -0.2) is 90.7 Å². The van der Waals surface area contributed by atoms with E-state index in [1.165, 1.54) is 12.1 Å². The second-order valence-electron chi connectivity index (χ2n) is 10.3. The molecule has 0 spiro atoms. The van der Waals surface area contributed by atoms with E-state index in [9.17, 15) is 33.9 Å². The van der Waals surface area contributed by atoms with Crippen LogP contribution >= 0.6 is 0 Å². The Kier molecular flexibility index (Phi) is 12.2. The highest BCUT2D eigenvalue weighted by atomic mass is 16.7. The maximum atomic E-state index is 13.2. The summed E-state index contributed by atoms with van der Waals surface area (Å²) in [5, 5.41) is 16.3. The minimum atomic E-state index is -2.75. The van der Waals surface area contributed by atoms with E-state index in [0.29, 0.717) is 11.5 Å².